The second-order valence-electron chi connectivity index (χ2n) is 6.29. The number of ketones is 1. The Labute approximate surface area is 144 Å². The number of halogens is 2. The van der Waals surface area contributed by atoms with Crippen molar-refractivity contribution in [2.45, 2.75) is 25.0 Å². The summed E-state index contributed by atoms with van der Waals surface area (Å²) in [5.41, 5.74) is 1.25. The largest absolute Gasteiger partial charge is 0.386 e. The molecule has 23 heavy (non-hydrogen) atoms. The van der Waals surface area contributed by atoms with Crippen molar-refractivity contribution in [2.75, 3.05) is 13.1 Å². The van der Waals surface area contributed by atoms with Gasteiger partial charge < -0.3 is 5.11 Å². The number of aliphatic hydroxyl groups excluding tert-OH is 1. The third-order valence-corrected chi connectivity index (χ3v) is 5.54. The molecule has 120 valence electrons. The molecule has 2 aromatic rings. The predicted octanol–water partition coefficient (Wildman–Crippen LogP) is 3.24. The Morgan fingerprint density at radius 1 is 1.26 bits per heavy atom. The van der Waals surface area contributed by atoms with Crippen LogP contribution in [0.4, 0.5) is 0 Å². The van der Waals surface area contributed by atoms with Crippen molar-refractivity contribution in [3.63, 3.8) is 0 Å². The first kappa shape index (κ1) is 15.3. The van der Waals surface area contributed by atoms with Crippen LogP contribution in [-0.2, 0) is 4.79 Å². The monoisotopic (exact) mass is 350 g/mol. The smallest absolute Gasteiger partial charge is 0.156 e. The van der Waals surface area contributed by atoms with Crippen molar-refractivity contribution >= 4 is 39.9 Å². The molecule has 3 aliphatic heterocycles. The molecule has 6 heteroatoms. The molecule has 0 amide bonds. The van der Waals surface area contributed by atoms with Crippen LogP contribution in [0.2, 0.25) is 10.0 Å². The number of aromatic nitrogens is 1. The minimum Gasteiger partial charge on any atom is -0.386 e. The zero-order chi connectivity index (χ0) is 16.1. The third-order valence-electron chi connectivity index (χ3n) is 5.03. The van der Waals surface area contributed by atoms with Crippen molar-refractivity contribution in [3.05, 3.63) is 40.0 Å². The van der Waals surface area contributed by atoms with Crippen LogP contribution in [0.15, 0.2) is 24.4 Å². The lowest BCUT2D eigenvalue weighted by Gasteiger charge is -2.45. The molecule has 1 aromatic carbocycles. The van der Waals surface area contributed by atoms with Crippen molar-refractivity contribution in [2.24, 2.45) is 5.92 Å². The summed E-state index contributed by atoms with van der Waals surface area (Å²) in [6.45, 7) is 1.73. The summed E-state index contributed by atoms with van der Waals surface area (Å²) in [7, 11) is 0. The molecule has 2 unspecified atom stereocenters. The molecular formula is C17H16Cl2N2O2. The number of Topliss-reactive ketones (excluding diaryl/α,β-unsaturated/α-hetero) is 1. The van der Waals surface area contributed by atoms with Crippen LogP contribution in [0, 0.1) is 5.92 Å². The van der Waals surface area contributed by atoms with Crippen molar-refractivity contribution < 1.29 is 9.90 Å². The summed E-state index contributed by atoms with van der Waals surface area (Å²) in [6, 6.07) is 4.64. The van der Waals surface area contributed by atoms with Crippen LogP contribution in [0.3, 0.4) is 0 Å². The van der Waals surface area contributed by atoms with Gasteiger partial charge in [0, 0.05) is 22.5 Å². The highest BCUT2D eigenvalue weighted by atomic mass is 35.5. The van der Waals surface area contributed by atoms with E-state index in [4.69, 9.17) is 23.2 Å². The lowest BCUT2D eigenvalue weighted by molar-refractivity contribution is -0.143. The van der Waals surface area contributed by atoms with E-state index in [1.54, 1.807) is 24.4 Å². The van der Waals surface area contributed by atoms with Crippen LogP contribution in [0.1, 0.15) is 24.5 Å². The van der Waals surface area contributed by atoms with E-state index in [1.165, 1.54) is 0 Å². The standard InChI is InChI=1S/C17H16Cl2N2O2/c18-10-7-12-11(1-4-20-14(12)13(19)8-10)17(23)15-16(22)9-2-5-21(15)6-3-9/h1,4,7-9,15,17,23H,2-3,5-6H2. The number of pyridine rings is 1. The second-order valence-corrected chi connectivity index (χ2v) is 7.13. The Morgan fingerprint density at radius 2 is 2.00 bits per heavy atom. The van der Waals surface area contributed by atoms with E-state index in [1.807, 2.05) is 0 Å². The predicted molar refractivity (Wildman–Crippen MR) is 89.8 cm³/mol. The highest BCUT2D eigenvalue weighted by Gasteiger charge is 2.45. The van der Waals surface area contributed by atoms with E-state index < -0.39 is 12.1 Å². The Kier molecular flexibility index (Phi) is 3.81. The lowest BCUT2D eigenvalue weighted by Crippen LogP contribution is -2.57. The van der Waals surface area contributed by atoms with Gasteiger partial charge in [-0.2, -0.15) is 0 Å². The quantitative estimate of drug-likeness (QED) is 0.903. The summed E-state index contributed by atoms with van der Waals surface area (Å²) >= 11 is 12.3. The van der Waals surface area contributed by atoms with Gasteiger partial charge in [-0.05, 0) is 49.7 Å². The molecule has 3 aliphatic rings. The first-order valence-electron chi connectivity index (χ1n) is 7.76. The van der Waals surface area contributed by atoms with E-state index in [2.05, 4.69) is 9.88 Å². The third kappa shape index (κ3) is 2.45. The number of aliphatic hydroxyl groups is 1. The molecule has 1 aromatic heterocycles. The van der Waals surface area contributed by atoms with Gasteiger partial charge in [0.15, 0.2) is 5.78 Å². The molecule has 4 heterocycles. The zero-order valence-corrected chi connectivity index (χ0v) is 13.9. The topological polar surface area (TPSA) is 53.4 Å². The number of nitrogens with zero attached hydrogens (tertiary/aromatic N) is 2. The fourth-order valence-corrected chi connectivity index (χ4v) is 4.41. The molecule has 3 saturated heterocycles. The van der Waals surface area contributed by atoms with Crippen LogP contribution in [0.25, 0.3) is 10.9 Å². The van der Waals surface area contributed by atoms with Crippen LogP contribution in [-0.4, -0.2) is 39.9 Å². The van der Waals surface area contributed by atoms with Gasteiger partial charge in [0.05, 0.1) is 16.6 Å². The van der Waals surface area contributed by atoms with Crippen molar-refractivity contribution in [1.82, 2.24) is 9.88 Å². The Morgan fingerprint density at radius 3 is 2.70 bits per heavy atom. The van der Waals surface area contributed by atoms with Gasteiger partial charge in [-0.1, -0.05) is 23.2 Å². The molecule has 4 nitrogen and oxygen atoms in total. The SMILES string of the molecule is O=C1C2CCN(CC2)C1C(O)c1ccnc2c(Cl)cc(Cl)cc12. The van der Waals surface area contributed by atoms with E-state index in [0.29, 0.717) is 26.5 Å². The summed E-state index contributed by atoms with van der Waals surface area (Å²) < 4.78 is 0. The highest BCUT2D eigenvalue weighted by Crippen LogP contribution is 2.38. The van der Waals surface area contributed by atoms with Gasteiger partial charge >= 0.3 is 0 Å². The number of rotatable bonds is 2. The Hall–Kier alpha value is -1.20. The van der Waals surface area contributed by atoms with E-state index in [-0.39, 0.29) is 11.7 Å². The van der Waals surface area contributed by atoms with Gasteiger partial charge in [-0.25, -0.2) is 0 Å². The number of piperidine rings is 3. The first-order valence-corrected chi connectivity index (χ1v) is 8.51. The summed E-state index contributed by atoms with van der Waals surface area (Å²) in [4.78, 5) is 19.0. The van der Waals surface area contributed by atoms with Gasteiger partial charge in [-0.15, -0.1) is 0 Å². The normalized spacial score (nSPS) is 28.3. The maximum Gasteiger partial charge on any atom is 0.156 e. The number of hydrogen-bond acceptors (Lipinski definition) is 4. The maximum absolute atomic E-state index is 12.6. The summed E-state index contributed by atoms with van der Waals surface area (Å²) in [5.74, 6) is 0.230. The lowest BCUT2D eigenvalue weighted by atomic mass is 9.78. The number of fused-ring (bicyclic) bond motifs is 4. The van der Waals surface area contributed by atoms with E-state index in [0.717, 1.165) is 25.9 Å². The van der Waals surface area contributed by atoms with Gasteiger partial charge in [0.1, 0.15) is 6.10 Å². The minimum atomic E-state index is -0.898. The molecular weight excluding hydrogens is 335 g/mol. The molecule has 5 rings (SSSR count). The minimum absolute atomic E-state index is 0.0833. The van der Waals surface area contributed by atoms with Gasteiger partial charge in [0.2, 0.25) is 0 Å². The molecule has 2 bridgehead atoms. The van der Waals surface area contributed by atoms with Crippen LogP contribution >= 0.6 is 23.2 Å². The highest BCUT2D eigenvalue weighted by molar-refractivity contribution is 6.38. The zero-order valence-electron chi connectivity index (χ0n) is 12.4. The van der Waals surface area contributed by atoms with Crippen LogP contribution in [0.5, 0.6) is 0 Å². The molecule has 2 atom stereocenters. The van der Waals surface area contributed by atoms with Crippen molar-refractivity contribution in [1.29, 1.82) is 0 Å². The van der Waals surface area contributed by atoms with E-state index in [9.17, 15) is 9.90 Å². The number of hydrogen-bond donors (Lipinski definition) is 1. The van der Waals surface area contributed by atoms with Gasteiger partial charge in [-0.3, -0.25) is 14.7 Å². The molecule has 0 radical (unpaired) electrons. The molecule has 0 saturated carbocycles. The molecule has 0 aliphatic carbocycles. The average molecular weight is 351 g/mol. The van der Waals surface area contributed by atoms with Crippen molar-refractivity contribution in [3.8, 4) is 0 Å². The average Bonchev–Trinajstić information content (AvgIpc) is 2.55. The first-order chi connectivity index (χ1) is 11.1. The maximum atomic E-state index is 12.6. The van der Waals surface area contributed by atoms with E-state index >= 15 is 0 Å². The fraction of sp³-hybridized carbons (Fsp3) is 0.412. The van der Waals surface area contributed by atoms with Gasteiger partial charge in [0.25, 0.3) is 0 Å². The molecule has 3 fully saturated rings. The second kappa shape index (κ2) is 5.71. The Bertz CT molecular complexity index is 788. The van der Waals surface area contributed by atoms with Crippen LogP contribution < -0.4 is 0 Å². The fourth-order valence-electron chi connectivity index (χ4n) is 3.87. The summed E-state index contributed by atoms with van der Waals surface area (Å²) in [5, 5.41) is 12.6. The number of carbonyl (C=O) groups is 1. The molecule has 1 N–H and O–H groups in total. The molecule has 0 spiro atoms. The number of benzene rings is 1. The number of carbonyl (C=O) groups excluding carboxylic acids is 1. The Balaban J connectivity index is 1.81. The summed E-state index contributed by atoms with van der Waals surface area (Å²) in [6.07, 6.45) is 2.51.